The lowest BCUT2D eigenvalue weighted by Gasteiger charge is -2.16. The lowest BCUT2D eigenvalue weighted by molar-refractivity contribution is 0.668. The monoisotopic (exact) mass is 819 g/mol. The fourth-order valence-corrected chi connectivity index (χ4v) is 9.88. The van der Waals surface area contributed by atoms with Crippen LogP contribution in [-0.4, -0.2) is 24.1 Å². The summed E-state index contributed by atoms with van der Waals surface area (Å²) in [7, 11) is 0. The molecule has 9 aromatic carbocycles. The van der Waals surface area contributed by atoms with E-state index in [9.17, 15) is 0 Å². The molecule has 298 valence electrons. The average molecular weight is 820 g/mol. The molecule has 0 amide bonds. The van der Waals surface area contributed by atoms with Gasteiger partial charge in [-0.25, -0.2) is 15.0 Å². The smallest absolute Gasteiger partial charge is 0.164 e. The predicted molar refractivity (Wildman–Crippen MR) is 259 cm³/mol. The van der Waals surface area contributed by atoms with Gasteiger partial charge in [0.25, 0.3) is 0 Å². The van der Waals surface area contributed by atoms with Gasteiger partial charge in [0.05, 0.1) is 22.1 Å². The molecule has 7 nitrogen and oxygen atoms in total. The van der Waals surface area contributed by atoms with E-state index >= 15 is 0 Å². The summed E-state index contributed by atoms with van der Waals surface area (Å²) in [5, 5.41) is 8.86. The molecule has 0 N–H and O–H groups in total. The molecule has 14 rings (SSSR count). The maximum absolute atomic E-state index is 6.25. The highest BCUT2D eigenvalue weighted by atomic mass is 16.3. The van der Waals surface area contributed by atoms with Crippen molar-refractivity contribution in [3.63, 3.8) is 0 Å². The molecule has 0 aliphatic heterocycles. The Balaban J connectivity index is 1.07. The van der Waals surface area contributed by atoms with E-state index in [4.69, 9.17) is 23.8 Å². The van der Waals surface area contributed by atoms with Gasteiger partial charge in [-0.1, -0.05) is 109 Å². The second-order valence-corrected chi connectivity index (χ2v) is 16.4. The molecule has 0 bridgehead atoms. The van der Waals surface area contributed by atoms with Gasteiger partial charge in [0.1, 0.15) is 22.3 Å². The van der Waals surface area contributed by atoms with Gasteiger partial charge in [-0.15, -0.1) is 0 Å². The second-order valence-electron chi connectivity index (χ2n) is 16.4. The molecular formula is C57H33N5O2. The number of rotatable bonds is 5. The van der Waals surface area contributed by atoms with Crippen LogP contribution in [-0.2, 0) is 0 Å². The summed E-state index contributed by atoms with van der Waals surface area (Å²) in [4.78, 5) is 16.0. The Bertz CT molecular complexity index is 3850. The van der Waals surface area contributed by atoms with Crippen molar-refractivity contribution in [1.82, 2.24) is 24.1 Å². The van der Waals surface area contributed by atoms with Crippen LogP contribution in [0.5, 0.6) is 0 Å². The van der Waals surface area contributed by atoms with Gasteiger partial charge in [0.2, 0.25) is 0 Å². The van der Waals surface area contributed by atoms with Crippen LogP contribution in [0.25, 0.3) is 133 Å². The molecule has 14 aromatic rings. The van der Waals surface area contributed by atoms with Crippen molar-refractivity contribution in [3.05, 3.63) is 200 Å². The van der Waals surface area contributed by atoms with Gasteiger partial charge in [-0.05, 0) is 91.0 Å². The van der Waals surface area contributed by atoms with E-state index in [1.807, 2.05) is 60.7 Å². The van der Waals surface area contributed by atoms with E-state index in [0.717, 1.165) is 94.0 Å². The van der Waals surface area contributed by atoms with E-state index in [0.29, 0.717) is 17.5 Å². The lowest BCUT2D eigenvalue weighted by atomic mass is 10.1. The molecule has 0 unspecified atom stereocenters. The highest BCUT2D eigenvalue weighted by Gasteiger charge is 2.21. The van der Waals surface area contributed by atoms with Crippen LogP contribution in [0.15, 0.2) is 209 Å². The van der Waals surface area contributed by atoms with Crippen LogP contribution in [0.3, 0.4) is 0 Å². The zero-order valence-corrected chi connectivity index (χ0v) is 34.1. The number of aromatic nitrogens is 5. The van der Waals surface area contributed by atoms with Crippen molar-refractivity contribution in [2.24, 2.45) is 0 Å². The number of nitrogens with zero attached hydrogens (tertiary/aromatic N) is 5. The Morgan fingerprint density at radius 1 is 0.266 bits per heavy atom. The lowest BCUT2D eigenvalue weighted by Crippen LogP contribution is -2.03. The highest BCUT2D eigenvalue weighted by Crippen LogP contribution is 2.39. The molecule has 0 radical (unpaired) electrons. The Kier molecular flexibility index (Phi) is 7.27. The highest BCUT2D eigenvalue weighted by molar-refractivity contribution is 6.11. The van der Waals surface area contributed by atoms with Crippen molar-refractivity contribution >= 4 is 87.5 Å². The predicted octanol–water partition coefficient (Wildman–Crippen LogP) is 14.9. The van der Waals surface area contributed by atoms with Crippen LogP contribution < -0.4 is 0 Å². The average Bonchev–Trinajstić information content (AvgIpc) is 4.11. The zero-order chi connectivity index (χ0) is 41.9. The second kappa shape index (κ2) is 13.3. The van der Waals surface area contributed by atoms with E-state index in [-0.39, 0.29) is 0 Å². The van der Waals surface area contributed by atoms with E-state index < -0.39 is 0 Å². The first-order valence-corrected chi connectivity index (χ1v) is 21.4. The zero-order valence-electron chi connectivity index (χ0n) is 34.1. The summed E-state index contributed by atoms with van der Waals surface area (Å²) in [6, 6.07) is 69.9. The maximum Gasteiger partial charge on any atom is 0.164 e. The van der Waals surface area contributed by atoms with E-state index in [1.54, 1.807) is 0 Å². The quantitative estimate of drug-likeness (QED) is 0.173. The molecule has 5 aromatic heterocycles. The standard InChI is InChI=1S/C57H33N5O2/c1-7-19-47-39(13-1)40-14-2-8-20-48(40)61(47)37-29-36(30-38(33-37)62-49-21-9-3-15-41(49)42-16-4-10-22-50(42)62)57-59-55(34-25-27-53-45(31-34)43-17-5-11-23-51(43)63-53)58-56(60-57)35-26-28-54-46(32-35)44-18-6-12-24-52(44)64-54/h1-33H. The van der Waals surface area contributed by atoms with Gasteiger partial charge in [-0.3, -0.25) is 0 Å². The Hall–Kier alpha value is -8.81. The summed E-state index contributed by atoms with van der Waals surface area (Å²) in [5.41, 5.74) is 12.3. The molecule has 0 atom stereocenters. The maximum atomic E-state index is 6.25. The van der Waals surface area contributed by atoms with E-state index in [2.05, 4.69) is 149 Å². The first-order valence-electron chi connectivity index (χ1n) is 21.4. The minimum absolute atomic E-state index is 0.555. The van der Waals surface area contributed by atoms with Gasteiger partial charge in [0.15, 0.2) is 17.5 Å². The van der Waals surface area contributed by atoms with Crippen LogP contribution in [0.4, 0.5) is 0 Å². The van der Waals surface area contributed by atoms with Crippen molar-refractivity contribution in [1.29, 1.82) is 0 Å². The molecule has 0 aliphatic rings. The molecular weight excluding hydrogens is 787 g/mol. The minimum Gasteiger partial charge on any atom is -0.456 e. The van der Waals surface area contributed by atoms with Gasteiger partial charge in [-0.2, -0.15) is 0 Å². The number of hydrogen-bond acceptors (Lipinski definition) is 5. The summed E-state index contributed by atoms with van der Waals surface area (Å²) in [5.74, 6) is 1.67. The molecule has 0 saturated heterocycles. The van der Waals surface area contributed by atoms with Gasteiger partial charge < -0.3 is 18.0 Å². The van der Waals surface area contributed by atoms with Crippen LogP contribution in [0, 0.1) is 0 Å². The number of fused-ring (bicyclic) bond motifs is 12. The Morgan fingerprint density at radius 3 is 1.00 bits per heavy atom. The third-order valence-electron chi connectivity index (χ3n) is 12.7. The first-order chi connectivity index (χ1) is 31.7. The number of benzene rings is 9. The topological polar surface area (TPSA) is 74.8 Å². The van der Waals surface area contributed by atoms with Crippen LogP contribution in [0.1, 0.15) is 0 Å². The summed E-state index contributed by atoms with van der Waals surface area (Å²) in [6.07, 6.45) is 0. The number of hydrogen-bond donors (Lipinski definition) is 0. The number of para-hydroxylation sites is 6. The summed E-state index contributed by atoms with van der Waals surface area (Å²) in [6.45, 7) is 0. The van der Waals surface area contributed by atoms with Crippen molar-refractivity contribution in [3.8, 4) is 45.5 Å². The normalized spacial score (nSPS) is 12.1. The molecule has 5 heterocycles. The number of furan rings is 2. The Labute approximate surface area is 364 Å². The summed E-state index contributed by atoms with van der Waals surface area (Å²) < 4.78 is 17.2. The van der Waals surface area contributed by atoms with Crippen LogP contribution in [0.2, 0.25) is 0 Å². The molecule has 0 spiro atoms. The molecule has 0 fully saturated rings. The minimum atomic E-state index is 0.555. The molecule has 7 heteroatoms. The summed E-state index contributed by atoms with van der Waals surface area (Å²) >= 11 is 0. The molecule has 0 saturated carbocycles. The van der Waals surface area contributed by atoms with E-state index in [1.165, 1.54) is 21.5 Å². The third-order valence-corrected chi connectivity index (χ3v) is 12.7. The van der Waals surface area contributed by atoms with Crippen LogP contribution >= 0.6 is 0 Å². The SMILES string of the molecule is c1ccc2c(c1)oc1ccc(-c3nc(-c4cc(-n5c6ccccc6c6ccccc65)cc(-n5c6ccccc6c6ccccc65)c4)nc(-c4ccc5oc6ccccc6c5c4)n3)cc12. The third kappa shape index (κ3) is 5.18. The first kappa shape index (κ1) is 34.9. The van der Waals surface area contributed by atoms with Crippen molar-refractivity contribution in [2.45, 2.75) is 0 Å². The fourth-order valence-electron chi connectivity index (χ4n) is 9.88. The molecule has 64 heavy (non-hydrogen) atoms. The van der Waals surface area contributed by atoms with Crippen molar-refractivity contribution < 1.29 is 8.83 Å². The van der Waals surface area contributed by atoms with Crippen molar-refractivity contribution in [2.75, 3.05) is 0 Å². The largest absolute Gasteiger partial charge is 0.456 e. The van der Waals surface area contributed by atoms with Gasteiger partial charge in [0, 0.05) is 71.2 Å². The molecule has 0 aliphatic carbocycles. The van der Waals surface area contributed by atoms with Gasteiger partial charge >= 0.3 is 0 Å². The fraction of sp³-hybridized carbons (Fsp3) is 0. The Morgan fingerprint density at radius 2 is 0.594 bits per heavy atom.